The van der Waals surface area contributed by atoms with E-state index in [2.05, 4.69) is 47.9 Å². The Morgan fingerprint density at radius 2 is 1.95 bits per heavy atom. The van der Waals surface area contributed by atoms with Crippen LogP contribution < -0.4 is 11.1 Å². The molecule has 1 aliphatic heterocycles. The van der Waals surface area contributed by atoms with Crippen molar-refractivity contribution in [3.8, 4) is 0 Å². The Morgan fingerprint density at radius 1 is 1.29 bits per heavy atom. The maximum atomic E-state index is 5.92. The molecule has 1 saturated heterocycles. The fourth-order valence-electron chi connectivity index (χ4n) is 2.70. The first-order valence-corrected chi connectivity index (χ1v) is 8.02. The molecule has 5 nitrogen and oxygen atoms in total. The van der Waals surface area contributed by atoms with Crippen LogP contribution in [0.2, 0.25) is 0 Å². The van der Waals surface area contributed by atoms with Gasteiger partial charge in [-0.1, -0.05) is 27.7 Å². The molecule has 0 saturated carbocycles. The molecule has 118 valence electrons. The molecule has 2 heterocycles. The summed E-state index contributed by atoms with van der Waals surface area (Å²) in [7, 11) is 0. The minimum absolute atomic E-state index is 0.0870. The zero-order chi connectivity index (χ0) is 15.5. The van der Waals surface area contributed by atoms with Gasteiger partial charge in [0.05, 0.1) is 0 Å². The van der Waals surface area contributed by atoms with E-state index in [1.807, 2.05) is 6.07 Å². The molecule has 0 unspecified atom stereocenters. The molecule has 21 heavy (non-hydrogen) atoms. The summed E-state index contributed by atoms with van der Waals surface area (Å²) in [5.74, 6) is 2.20. The van der Waals surface area contributed by atoms with E-state index in [1.54, 1.807) is 0 Å². The van der Waals surface area contributed by atoms with Crippen molar-refractivity contribution in [2.45, 2.75) is 58.4 Å². The predicted octanol–water partition coefficient (Wildman–Crippen LogP) is 2.64. The zero-order valence-electron chi connectivity index (χ0n) is 13.8. The van der Waals surface area contributed by atoms with Crippen molar-refractivity contribution in [2.75, 3.05) is 30.7 Å². The summed E-state index contributed by atoms with van der Waals surface area (Å²) in [6, 6.07) is 2.33. The highest BCUT2D eigenvalue weighted by atomic mass is 15.2. The lowest BCUT2D eigenvalue weighted by Gasteiger charge is -2.32. The van der Waals surface area contributed by atoms with E-state index in [0.29, 0.717) is 11.9 Å². The Bertz CT molecular complexity index is 458. The number of nitrogens with one attached hydrogen (secondary N) is 1. The van der Waals surface area contributed by atoms with Gasteiger partial charge in [-0.3, -0.25) is 0 Å². The monoisotopic (exact) mass is 291 g/mol. The SMILES string of the molecule is CCCN1CCC(Nc2cc(N)nc(C(C)(C)C)n2)CC1. The number of nitrogens with two attached hydrogens (primary N) is 1. The molecule has 3 N–H and O–H groups in total. The van der Waals surface area contributed by atoms with Gasteiger partial charge in [0.1, 0.15) is 17.5 Å². The Labute approximate surface area is 128 Å². The Kier molecular flexibility index (Phi) is 5.04. The van der Waals surface area contributed by atoms with E-state index < -0.39 is 0 Å². The molecule has 0 spiro atoms. The average Bonchev–Trinajstić information content (AvgIpc) is 2.40. The number of hydrogen-bond acceptors (Lipinski definition) is 5. The lowest BCUT2D eigenvalue weighted by molar-refractivity contribution is 0.219. The van der Waals surface area contributed by atoms with Gasteiger partial charge in [-0.2, -0.15) is 0 Å². The van der Waals surface area contributed by atoms with Gasteiger partial charge in [-0.25, -0.2) is 9.97 Å². The van der Waals surface area contributed by atoms with Crippen molar-refractivity contribution in [1.82, 2.24) is 14.9 Å². The molecule has 1 aliphatic rings. The van der Waals surface area contributed by atoms with Crippen LogP contribution in [-0.2, 0) is 5.41 Å². The van der Waals surface area contributed by atoms with E-state index in [4.69, 9.17) is 5.73 Å². The fraction of sp³-hybridized carbons (Fsp3) is 0.750. The number of rotatable bonds is 4. The maximum absolute atomic E-state index is 5.92. The van der Waals surface area contributed by atoms with E-state index >= 15 is 0 Å². The molecule has 0 aromatic carbocycles. The third-order valence-electron chi connectivity index (χ3n) is 3.90. The topological polar surface area (TPSA) is 67.1 Å². The van der Waals surface area contributed by atoms with Gasteiger partial charge in [0.25, 0.3) is 0 Å². The number of aromatic nitrogens is 2. The zero-order valence-corrected chi connectivity index (χ0v) is 13.8. The molecule has 5 heteroatoms. The molecular formula is C16H29N5. The first-order chi connectivity index (χ1) is 9.88. The van der Waals surface area contributed by atoms with Crippen LogP contribution in [0.3, 0.4) is 0 Å². The standard InChI is InChI=1S/C16H29N5/c1-5-8-21-9-6-12(7-10-21)18-14-11-13(17)19-15(20-14)16(2,3)4/h11-12H,5-10H2,1-4H3,(H3,17,18,19,20). The number of nitrogen functional groups attached to an aromatic ring is 1. The van der Waals surface area contributed by atoms with Crippen LogP contribution >= 0.6 is 0 Å². The van der Waals surface area contributed by atoms with Crippen molar-refractivity contribution < 1.29 is 0 Å². The molecule has 0 amide bonds. The molecule has 1 aromatic rings. The van der Waals surface area contributed by atoms with Gasteiger partial charge in [-0.05, 0) is 25.8 Å². The van der Waals surface area contributed by atoms with Crippen LogP contribution in [0.15, 0.2) is 6.07 Å². The number of piperidine rings is 1. The lowest BCUT2D eigenvalue weighted by atomic mass is 9.96. The van der Waals surface area contributed by atoms with E-state index in [-0.39, 0.29) is 5.41 Å². The Morgan fingerprint density at radius 3 is 2.52 bits per heavy atom. The molecule has 1 aromatic heterocycles. The second-order valence-electron chi connectivity index (χ2n) is 7.01. The smallest absolute Gasteiger partial charge is 0.138 e. The fourth-order valence-corrected chi connectivity index (χ4v) is 2.70. The van der Waals surface area contributed by atoms with Gasteiger partial charge in [0.15, 0.2) is 0 Å². The molecule has 0 atom stereocenters. The average molecular weight is 291 g/mol. The summed E-state index contributed by atoms with van der Waals surface area (Å²) in [4.78, 5) is 11.5. The summed E-state index contributed by atoms with van der Waals surface area (Å²) in [5.41, 5.74) is 5.84. The van der Waals surface area contributed by atoms with Gasteiger partial charge in [-0.15, -0.1) is 0 Å². The number of anilines is 2. The van der Waals surface area contributed by atoms with Crippen molar-refractivity contribution in [1.29, 1.82) is 0 Å². The van der Waals surface area contributed by atoms with Gasteiger partial charge in [0, 0.05) is 30.6 Å². The van der Waals surface area contributed by atoms with Crippen molar-refractivity contribution in [3.63, 3.8) is 0 Å². The maximum Gasteiger partial charge on any atom is 0.138 e. The van der Waals surface area contributed by atoms with Gasteiger partial charge in [0.2, 0.25) is 0 Å². The molecule has 0 bridgehead atoms. The van der Waals surface area contributed by atoms with Gasteiger partial charge >= 0.3 is 0 Å². The largest absolute Gasteiger partial charge is 0.384 e. The second-order valence-corrected chi connectivity index (χ2v) is 7.01. The summed E-state index contributed by atoms with van der Waals surface area (Å²) in [6.07, 6.45) is 3.55. The van der Waals surface area contributed by atoms with E-state index in [0.717, 1.165) is 37.6 Å². The second kappa shape index (κ2) is 6.60. The van der Waals surface area contributed by atoms with Crippen molar-refractivity contribution in [3.05, 3.63) is 11.9 Å². The minimum atomic E-state index is -0.0870. The van der Waals surface area contributed by atoms with Crippen LogP contribution in [-0.4, -0.2) is 40.5 Å². The van der Waals surface area contributed by atoms with E-state index in [9.17, 15) is 0 Å². The molecule has 0 radical (unpaired) electrons. The van der Waals surface area contributed by atoms with Crippen LogP contribution in [0.25, 0.3) is 0 Å². The minimum Gasteiger partial charge on any atom is -0.384 e. The highest BCUT2D eigenvalue weighted by molar-refractivity contribution is 5.46. The summed E-state index contributed by atoms with van der Waals surface area (Å²) in [6.45, 7) is 12.1. The van der Waals surface area contributed by atoms with Crippen LogP contribution in [0.4, 0.5) is 11.6 Å². The highest BCUT2D eigenvalue weighted by Crippen LogP contribution is 2.22. The predicted molar refractivity (Wildman–Crippen MR) is 88.5 cm³/mol. The highest BCUT2D eigenvalue weighted by Gasteiger charge is 2.21. The number of likely N-dealkylation sites (tertiary alicyclic amines) is 1. The number of nitrogens with zero attached hydrogens (tertiary/aromatic N) is 3. The Hall–Kier alpha value is -1.36. The third-order valence-corrected chi connectivity index (χ3v) is 3.90. The molecule has 0 aliphatic carbocycles. The quantitative estimate of drug-likeness (QED) is 0.892. The normalized spacial score (nSPS) is 17.9. The third kappa shape index (κ3) is 4.56. The Balaban J connectivity index is 1.99. The summed E-state index contributed by atoms with van der Waals surface area (Å²) < 4.78 is 0. The lowest BCUT2D eigenvalue weighted by Crippen LogP contribution is -2.39. The number of hydrogen-bond donors (Lipinski definition) is 2. The molecular weight excluding hydrogens is 262 g/mol. The molecule has 2 rings (SSSR count). The first kappa shape index (κ1) is 16.0. The van der Waals surface area contributed by atoms with Crippen LogP contribution in [0.5, 0.6) is 0 Å². The van der Waals surface area contributed by atoms with Crippen LogP contribution in [0.1, 0.15) is 52.8 Å². The molecule has 1 fully saturated rings. The van der Waals surface area contributed by atoms with Crippen molar-refractivity contribution in [2.24, 2.45) is 0 Å². The van der Waals surface area contributed by atoms with Gasteiger partial charge < -0.3 is 16.0 Å². The summed E-state index contributed by atoms with van der Waals surface area (Å²) >= 11 is 0. The van der Waals surface area contributed by atoms with Crippen LogP contribution in [0, 0.1) is 0 Å². The van der Waals surface area contributed by atoms with Crippen molar-refractivity contribution >= 4 is 11.6 Å². The summed E-state index contributed by atoms with van der Waals surface area (Å²) in [5, 5.41) is 3.54. The first-order valence-electron chi connectivity index (χ1n) is 8.02. The van der Waals surface area contributed by atoms with E-state index in [1.165, 1.54) is 13.0 Å².